The Morgan fingerprint density at radius 1 is 1.39 bits per heavy atom. The van der Waals surface area contributed by atoms with Crippen LogP contribution in [0.5, 0.6) is 5.75 Å². The molecule has 0 radical (unpaired) electrons. The van der Waals surface area contributed by atoms with Crippen LogP contribution < -0.4 is 4.74 Å². The molecule has 3 nitrogen and oxygen atoms in total. The predicted molar refractivity (Wildman–Crippen MR) is 93.7 cm³/mol. The number of ether oxygens (including phenoxy) is 1. The molecule has 2 heterocycles. The third-order valence-electron chi connectivity index (χ3n) is 4.17. The summed E-state index contributed by atoms with van der Waals surface area (Å²) in [5.74, 6) is 6.60. The highest BCUT2D eigenvalue weighted by Crippen LogP contribution is 2.35. The number of benzene rings is 1. The van der Waals surface area contributed by atoms with Gasteiger partial charge in [0.1, 0.15) is 12.4 Å². The summed E-state index contributed by atoms with van der Waals surface area (Å²) in [4.78, 5) is 3.85. The topological polar surface area (TPSA) is 32.7 Å². The van der Waals surface area contributed by atoms with Crippen LogP contribution in [0.15, 0.2) is 35.7 Å². The first-order chi connectivity index (χ1) is 11.3. The van der Waals surface area contributed by atoms with Crippen molar-refractivity contribution in [1.82, 2.24) is 4.90 Å². The van der Waals surface area contributed by atoms with Crippen LogP contribution in [0.4, 0.5) is 0 Å². The average molecular weight is 327 g/mol. The van der Waals surface area contributed by atoms with Crippen LogP contribution in [0, 0.1) is 11.8 Å². The second-order valence-electron chi connectivity index (χ2n) is 5.67. The van der Waals surface area contributed by atoms with Crippen molar-refractivity contribution in [1.29, 1.82) is 0 Å². The Labute approximate surface area is 141 Å². The van der Waals surface area contributed by atoms with Crippen molar-refractivity contribution in [2.24, 2.45) is 0 Å². The normalized spacial score (nSPS) is 17.7. The van der Waals surface area contributed by atoms with Crippen molar-refractivity contribution >= 4 is 11.3 Å². The maximum absolute atomic E-state index is 8.78. The number of likely N-dealkylation sites (tertiary alicyclic amines) is 1. The Morgan fingerprint density at radius 2 is 2.30 bits per heavy atom. The van der Waals surface area contributed by atoms with Gasteiger partial charge in [-0.1, -0.05) is 24.0 Å². The van der Waals surface area contributed by atoms with E-state index in [1.807, 2.05) is 6.07 Å². The van der Waals surface area contributed by atoms with Gasteiger partial charge in [0.25, 0.3) is 0 Å². The van der Waals surface area contributed by atoms with E-state index in [4.69, 9.17) is 9.84 Å². The Bertz CT molecular complexity index is 713. The highest BCUT2D eigenvalue weighted by atomic mass is 32.1. The Morgan fingerprint density at radius 3 is 3.13 bits per heavy atom. The molecule has 1 atom stereocenters. The summed E-state index contributed by atoms with van der Waals surface area (Å²) < 4.78 is 5.36. The summed E-state index contributed by atoms with van der Waals surface area (Å²) in [5, 5.41) is 10.8. The van der Waals surface area contributed by atoms with Gasteiger partial charge in [0.15, 0.2) is 0 Å². The Balaban J connectivity index is 1.72. The van der Waals surface area contributed by atoms with E-state index in [-0.39, 0.29) is 6.61 Å². The number of methoxy groups -OCH3 is 1. The van der Waals surface area contributed by atoms with E-state index >= 15 is 0 Å². The van der Waals surface area contributed by atoms with Crippen LogP contribution in [-0.2, 0) is 6.54 Å². The molecule has 0 aliphatic carbocycles. The zero-order valence-corrected chi connectivity index (χ0v) is 14.1. The zero-order chi connectivity index (χ0) is 16.1. The summed E-state index contributed by atoms with van der Waals surface area (Å²) in [6.45, 7) is 1.99. The first-order valence-electron chi connectivity index (χ1n) is 7.85. The van der Waals surface area contributed by atoms with Gasteiger partial charge < -0.3 is 9.84 Å². The van der Waals surface area contributed by atoms with Gasteiger partial charge in [-0.2, -0.15) is 0 Å². The van der Waals surface area contributed by atoms with Crippen LogP contribution >= 0.6 is 11.3 Å². The molecule has 3 rings (SSSR count). The zero-order valence-electron chi connectivity index (χ0n) is 13.3. The standard InChI is InChI=1S/C19H21NO2S/c1-22-17-7-2-6-16(12-17)19-8-3-9-20(19)13-18-11-15(14-23-18)5-4-10-21/h2,6-7,11-12,14,19,21H,3,8-10,13H2,1H3. The van der Waals surface area contributed by atoms with Gasteiger partial charge in [0.05, 0.1) is 7.11 Å². The Kier molecular flexibility index (Phi) is 5.35. The third kappa shape index (κ3) is 3.94. The van der Waals surface area contributed by atoms with Gasteiger partial charge in [-0.3, -0.25) is 4.90 Å². The molecule has 1 aliphatic heterocycles. The summed E-state index contributed by atoms with van der Waals surface area (Å²) >= 11 is 1.74. The predicted octanol–water partition coefficient (Wildman–Crippen LogP) is 3.44. The fourth-order valence-electron chi connectivity index (χ4n) is 3.11. The minimum atomic E-state index is -0.0881. The van der Waals surface area contributed by atoms with Crippen LogP contribution in [0.25, 0.3) is 0 Å². The van der Waals surface area contributed by atoms with E-state index in [1.165, 1.54) is 23.3 Å². The number of nitrogens with zero attached hydrogens (tertiary/aromatic N) is 1. The molecule has 1 aromatic carbocycles. The molecule has 0 bridgehead atoms. The molecule has 0 amide bonds. The summed E-state index contributed by atoms with van der Waals surface area (Å²) in [6.07, 6.45) is 2.42. The molecule has 4 heteroatoms. The maximum Gasteiger partial charge on any atom is 0.119 e. The number of aliphatic hydroxyl groups excluding tert-OH is 1. The fourth-order valence-corrected chi connectivity index (χ4v) is 3.95. The molecule has 0 saturated carbocycles. The lowest BCUT2D eigenvalue weighted by Crippen LogP contribution is -2.22. The number of aliphatic hydroxyl groups is 1. The van der Waals surface area contributed by atoms with Crippen LogP contribution in [0.1, 0.15) is 34.9 Å². The van der Waals surface area contributed by atoms with E-state index < -0.39 is 0 Å². The second-order valence-corrected chi connectivity index (χ2v) is 6.66. The molecule has 1 unspecified atom stereocenters. The van der Waals surface area contributed by atoms with Crippen molar-refractivity contribution in [2.75, 3.05) is 20.3 Å². The van der Waals surface area contributed by atoms with Gasteiger partial charge in [-0.05, 0) is 43.1 Å². The van der Waals surface area contributed by atoms with Gasteiger partial charge in [-0.25, -0.2) is 0 Å². The average Bonchev–Trinajstić information content (AvgIpc) is 3.23. The van der Waals surface area contributed by atoms with Crippen LogP contribution in [0.2, 0.25) is 0 Å². The third-order valence-corrected chi connectivity index (χ3v) is 5.09. The van der Waals surface area contributed by atoms with Gasteiger partial charge >= 0.3 is 0 Å². The Hall–Kier alpha value is -1.80. The molecule has 1 aromatic heterocycles. The van der Waals surface area contributed by atoms with E-state index in [1.54, 1.807) is 18.4 Å². The highest BCUT2D eigenvalue weighted by molar-refractivity contribution is 7.10. The largest absolute Gasteiger partial charge is 0.497 e. The number of hydrogen-bond acceptors (Lipinski definition) is 4. The van der Waals surface area contributed by atoms with Crippen LogP contribution in [0.3, 0.4) is 0 Å². The SMILES string of the molecule is COc1cccc(C2CCCN2Cc2cc(C#CCO)cs2)c1. The van der Waals surface area contributed by atoms with E-state index in [2.05, 4.69) is 46.4 Å². The first-order valence-corrected chi connectivity index (χ1v) is 8.73. The minimum Gasteiger partial charge on any atom is -0.497 e. The van der Waals surface area contributed by atoms with E-state index in [0.29, 0.717) is 6.04 Å². The smallest absolute Gasteiger partial charge is 0.119 e. The van der Waals surface area contributed by atoms with Gasteiger partial charge in [-0.15, -0.1) is 11.3 Å². The van der Waals surface area contributed by atoms with Gasteiger partial charge in [0, 0.05) is 28.4 Å². The first kappa shape index (κ1) is 16.1. The second kappa shape index (κ2) is 7.65. The lowest BCUT2D eigenvalue weighted by molar-refractivity contribution is 0.250. The monoisotopic (exact) mass is 327 g/mol. The molecular weight excluding hydrogens is 306 g/mol. The minimum absolute atomic E-state index is 0.0881. The molecule has 1 aliphatic rings. The van der Waals surface area contributed by atoms with Crippen molar-refractivity contribution in [2.45, 2.75) is 25.4 Å². The number of thiophene rings is 1. The molecule has 1 fully saturated rings. The summed E-state index contributed by atoms with van der Waals surface area (Å²) in [6, 6.07) is 11.0. The molecule has 23 heavy (non-hydrogen) atoms. The summed E-state index contributed by atoms with van der Waals surface area (Å²) in [5.41, 5.74) is 2.33. The van der Waals surface area contributed by atoms with Crippen molar-refractivity contribution < 1.29 is 9.84 Å². The number of hydrogen-bond donors (Lipinski definition) is 1. The van der Waals surface area contributed by atoms with Crippen molar-refractivity contribution in [3.05, 3.63) is 51.7 Å². The highest BCUT2D eigenvalue weighted by Gasteiger charge is 2.26. The van der Waals surface area contributed by atoms with Crippen LogP contribution in [-0.4, -0.2) is 30.3 Å². The van der Waals surface area contributed by atoms with Crippen molar-refractivity contribution in [3.8, 4) is 17.6 Å². The number of rotatable bonds is 4. The maximum atomic E-state index is 8.78. The van der Waals surface area contributed by atoms with E-state index in [9.17, 15) is 0 Å². The fraction of sp³-hybridized carbons (Fsp3) is 0.368. The lowest BCUT2D eigenvalue weighted by atomic mass is 10.0. The molecule has 120 valence electrons. The molecule has 1 N–H and O–H groups in total. The quantitative estimate of drug-likeness (QED) is 0.873. The molecular formula is C19H21NO2S. The lowest BCUT2D eigenvalue weighted by Gasteiger charge is -2.24. The molecule has 2 aromatic rings. The van der Waals surface area contributed by atoms with Crippen molar-refractivity contribution in [3.63, 3.8) is 0 Å². The summed E-state index contributed by atoms with van der Waals surface area (Å²) in [7, 11) is 1.71. The molecule has 0 spiro atoms. The molecule has 1 saturated heterocycles. The van der Waals surface area contributed by atoms with Gasteiger partial charge in [0.2, 0.25) is 0 Å². The van der Waals surface area contributed by atoms with E-state index in [0.717, 1.165) is 24.4 Å².